The van der Waals surface area contributed by atoms with Crippen molar-refractivity contribution in [1.82, 2.24) is 5.32 Å². The maximum atomic E-state index is 13.1. The Morgan fingerprint density at radius 2 is 2.00 bits per heavy atom. The number of nitrogens with one attached hydrogen (secondary N) is 2. The summed E-state index contributed by atoms with van der Waals surface area (Å²) in [5.41, 5.74) is 2.59. The summed E-state index contributed by atoms with van der Waals surface area (Å²) in [4.78, 5) is 12.1. The molecule has 1 atom stereocenters. The van der Waals surface area contributed by atoms with Crippen LogP contribution in [0, 0.1) is 11.6 Å². The van der Waals surface area contributed by atoms with Gasteiger partial charge in [-0.25, -0.2) is 8.78 Å². The summed E-state index contributed by atoms with van der Waals surface area (Å²) < 4.78 is 25.9. The fourth-order valence-electron chi connectivity index (χ4n) is 2.42. The van der Waals surface area contributed by atoms with Gasteiger partial charge >= 0.3 is 0 Å². The van der Waals surface area contributed by atoms with Crippen molar-refractivity contribution >= 4 is 11.6 Å². The van der Waals surface area contributed by atoms with Crippen LogP contribution < -0.4 is 10.6 Å². The second-order valence-electron chi connectivity index (χ2n) is 5.02. The number of rotatable bonds is 3. The molecule has 0 fully saturated rings. The minimum atomic E-state index is -0.909. The van der Waals surface area contributed by atoms with E-state index in [-0.39, 0.29) is 18.5 Å². The van der Waals surface area contributed by atoms with Crippen LogP contribution in [0.3, 0.4) is 0 Å². The molecule has 0 saturated carbocycles. The van der Waals surface area contributed by atoms with Crippen LogP contribution in [0.25, 0.3) is 0 Å². The highest BCUT2D eigenvalue weighted by atomic mass is 19.2. The minimum absolute atomic E-state index is 0.157. The average molecular weight is 288 g/mol. The lowest BCUT2D eigenvalue weighted by molar-refractivity contribution is -0.121. The van der Waals surface area contributed by atoms with E-state index in [1.165, 1.54) is 6.07 Å². The van der Waals surface area contributed by atoms with Crippen LogP contribution >= 0.6 is 0 Å². The Hall–Kier alpha value is -2.43. The molecular weight excluding hydrogens is 274 g/mol. The third-order valence-electron chi connectivity index (χ3n) is 3.54. The summed E-state index contributed by atoms with van der Waals surface area (Å²) in [7, 11) is 0. The lowest BCUT2D eigenvalue weighted by Gasteiger charge is -2.12. The molecule has 0 bridgehead atoms. The number of fused-ring (bicyclic) bond motifs is 1. The number of carbonyl (C=O) groups is 1. The van der Waals surface area contributed by atoms with E-state index < -0.39 is 11.6 Å². The van der Waals surface area contributed by atoms with Crippen LogP contribution in [-0.2, 0) is 17.8 Å². The molecular formula is C16H14F2N2O. The first kappa shape index (κ1) is 13.5. The topological polar surface area (TPSA) is 41.1 Å². The van der Waals surface area contributed by atoms with E-state index in [2.05, 4.69) is 10.6 Å². The lowest BCUT2D eigenvalue weighted by atomic mass is 10.1. The lowest BCUT2D eigenvalue weighted by Crippen LogP contribution is -2.38. The number of hydrogen-bond donors (Lipinski definition) is 2. The standard InChI is InChI=1S/C16H14F2N2O/c17-12-6-5-10(7-13(12)18)9-19-16(21)15-8-11-3-1-2-4-14(11)20-15/h1-7,15,20H,8-9H2,(H,19,21). The molecule has 21 heavy (non-hydrogen) atoms. The van der Waals surface area contributed by atoms with Gasteiger partial charge in [-0.2, -0.15) is 0 Å². The Morgan fingerprint density at radius 1 is 1.19 bits per heavy atom. The molecule has 1 aliphatic rings. The molecule has 1 aliphatic heterocycles. The van der Waals surface area contributed by atoms with Gasteiger partial charge in [0.05, 0.1) is 0 Å². The van der Waals surface area contributed by atoms with Gasteiger partial charge in [0.25, 0.3) is 0 Å². The molecule has 0 saturated heterocycles. The molecule has 0 aromatic heterocycles. The van der Waals surface area contributed by atoms with Crippen LogP contribution in [-0.4, -0.2) is 11.9 Å². The molecule has 1 amide bonds. The van der Waals surface area contributed by atoms with E-state index in [9.17, 15) is 13.6 Å². The smallest absolute Gasteiger partial charge is 0.243 e. The zero-order valence-corrected chi connectivity index (χ0v) is 11.2. The van der Waals surface area contributed by atoms with Crippen molar-refractivity contribution in [2.45, 2.75) is 19.0 Å². The van der Waals surface area contributed by atoms with Crippen molar-refractivity contribution in [2.75, 3.05) is 5.32 Å². The normalized spacial score (nSPS) is 16.2. The third kappa shape index (κ3) is 2.86. The molecule has 108 valence electrons. The van der Waals surface area contributed by atoms with Crippen molar-refractivity contribution in [3.05, 3.63) is 65.2 Å². The van der Waals surface area contributed by atoms with E-state index in [1.807, 2.05) is 24.3 Å². The molecule has 0 spiro atoms. The fraction of sp³-hybridized carbons (Fsp3) is 0.188. The molecule has 5 heteroatoms. The van der Waals surface area contributed by atoms with Crippen molar-refractivity contribution in [3.8, 4) is 0 Å². The predicted octanol–water partition coefficient (Wildman–Crippen LogP) is 2.62. The van der Waals surface area contributed by atoms with E-state index in [1.54, 1.807) is 0 Å². The summed E-state index contributed by atoms with van der Waals surface area (Å²) in [6.07, 6.45) is 0.625. The van der Waals surface area contributed by atoms with Crippen molar-refractivity contribution in [3.63, 3.8) is 0 Å². The zero-order chi connectivity index (χ0) is 14.8. The predicted molar refractivity (Wildman–Crippen MR) is 75.8 cm³/mol. The van der Waals surface area contributed by atoms with Gasteiger partial charge in [0, 0.05) is 18.7 Å². The van der Waals surface area contributed by atoms with Gasteiger partial charge < -0.3 is 10.6 Å². The molecule has 1 heterocycles. The van der Waals surface area contributed by atoms with Crippen molar-refractivity contribution in [1.29, 1.82) is 0 Å². The highest BCUT2D eigenvalue weighted by Crippen LogP contribution is 2.25. The molecule has 3 nitrogen and oxygen atoms in total. The number of halogens is 2. The number of anilines is 1. The highest BCUT2D eigenvalue weighted by Gasteiger charge is 2.25. The Labute approximate surface area is 121 Å². The minimum Gasteiger partial charge on any atom is -0.373 e. The molecule has 0 radical (unpaired) electrons. The summed E-state index contributed by atoms with van der Waals surface area (Å²) in [5.74, 6) is -1.96. The van der Waals surface area contributed by atoms with E-state index >= 15 is 0 Å². The number of benzene rings is 2. The van der Waals surface area contributed by atoms with Crippen molar-refractivity contribution < 1.29 is 13.6 Å². The van der Waals surface area contributed by atoms with Crippen LogP contribution in [0.4, 0.5) is 14.5 Å². The first-order valence-corrected chi connectivity index (χ1v) is 6.69. The second kappa shape index (κ2) is 5.52. The van der Waals surface area contributed by atoms with Crippen LogP contribution in [0.1, 0.15) is 11.1 Å². The SMILES string of the molecule is O=C(NCc1ccc(F)c(F)c1)C1Cc2ccccc2N1. The average Bonchev–Trinajstić information content (AvgIpc) is 2.92. The van der Waals surface area contributed by atoms with E-state index in [0.717, 1.165) is 23.4 Å². The highest BCUT2D eigenvalue weighted by molar-refractivity contribution is 5.87. The third-order valence-corrected chi connectivity index (χ3v) is 3.54. The number of amides is 1. The van der Waals surface area contributed by atoms with E-state index in [4.69, 9.17) is 0 Å². The van der Waals surface area contributed by atoms with Crippen molar-refractivity contribution in [2.24, 2.45) is 0 Å². The molecule has 3 rings (SSSR count). The summed E-state index contributed by atoms with van der Waals surface area (Å²) >= 11 is 0. The van der Waals surface area contributed by atoms with Gasteiger partial charge in [0.15, 0.2) is 11.6 Å². The van der Waals surface area contributed by atoms with Crippen LogP contribution in [0.2, 0.25) is 0 Å². The Kier molecular flexibility index (Phi) is 3.56. The Balaban J connectivity index is 1.59. The summed E-state index contributed by atoms with van der Waals surface area (Å²) in [6, 6.07) is 11.0. The van der Waals surface area contributed by atoms with Gasteiger partial charge in [0.1, 0.15) is 6.04 Å². The number of carbonyl (C=O) groups excluding carboxylic acids is 1. The molecule has 2 N–H and O–H groups in total. The Morgan fingerprint density at radius 3 is 2.76 bits per heavy atom. The molecule has 1 unspecified atom stereocenters. The van der Waals surface area contributed by atoms with Gasteiger partial charge in [-0.3, -0.25) is 4.79 Å². The molecule has 2 aromatic rings. The number of hydrogen-bond acceptors (Lipinski definition) is 2. The summed E-state index contributed by atoms with van der Waals surface area (Å²) in [5, 5.41) is 5.88. The van der Waals surface area contributed by atoms with E-state index in [0.29, 0.717) is 12.0 Å². The maximum Gasteiger partial charge on any atom is 0.243 e. The zero-order valence-electron chi connectivity index (χ0n) is 11.2. The fourth-order valence-corrected chi connectivity index (χ4v) is 2.42. The van der Waals surface area contributed by atoms with Crippen LogP contribution in [0.5, 0.6) is 0 Å². The summed E-state index contributed by atoms with van der Waals surface area (Å²) in [6.45, 7) is 0.171. The van der Waals surface area contributed by atoms with Gasteiger partial charge in [-0.15, -0.1) is 0 Å². The first-order chi connectivity index (χ1) is 10.1. The first-order valence-electron chi connectivity index (χ1n) is 6.69. The monoisotopic (exact) mass is 288 g/mol. The maximum absolute atomic E-state index is 13.1. The van der Waals surface area contributed by atoms with Gasteiger partial charge in [-0.1, -0.05) is 24.3 Å². The largest absolute Gasteiger partial charge is 0.373 e. The van der Waals surface area contributed by atoms with Gasteiger partial charge in [-0.05, 0) is 29.3 Å². The number of para-hydroxylation sites is 1. The Bertz CT molecular complexity index is 663. The quantitative estimate of drug-likeness (QED) is 0.911. The van der Waals surface area contributed by atoms with Gasteiger partial charge in [0.2, 0.25) is 5.91 Å². The molecule has 0 aliphatic carbocycles. The van der Waals surface area contributed by atoms with Crippen LogP contribution in [0.15, 0.2) is 42.5 Å². The second-order valence-corrected chi connectivity index (χ2v) is 5.02. The molecule has 2 aromatic carbocycles.